The molecule has 3 heteroatoms. The van der Waals surface area contributed by atoms with Gasteiger partial charge in [-0.15, -0.1) is 0 Å². The molecule has 0 unspecified atom stereocenters. The quantitative estimate of drug-likeness (QED) is 0.510. The van der Waals surface area contributed by atoms with E-state index in [2.05, 4.69) is 26.1 Å². The number of nitrogens with zero attached hydrogens (tertiary/aromatic N) is 2. The Bertz CT molecular complexity index is 203. The van der Waals surface area contributed by atoms with Crippen molar-refractivity contribution in [2.45, 2.75) is 0 Å². The summed E-state index contributed by atoms with van der Waals surface area (Å²) in [7, 11) is 6.40. The summed E-state index contributed by atoms with van der Waals surface area (Å²) in [6.45, 7) is 0. The normalized spacial score (nSPS) is 10.5. The van der Waals surface area contributed by atoms with Crippen molar-refractivity contribution in [2.24, 2.45) is 0 Å². The SMILES string of the molecule is C[N+](C)(C)c1ccncc1.[Br-]. The molecule has 0 aliphatic carbocycles. The Morgan fingerprint density at radius 2 is 1.55 bits per heavy atom. The van der Waals surface area contributed by atoms with E-state index in [1.54, 1.807) is 0 Å². The summed E-state index contributed by atoms with van der Waals surface area (Å²) in [4.78, 5) is 3.95. The minimum atomic E-state index is 0. The molecule has 0 amide bonds. The van der Waals surface area contributed by atoms with Gasteiger partial charge in [0.1, 0.15) is 5.69 Å². The van der Waals surface area contributed by atoms with Gasteiger partial charge in [0.05, 0.1) is 21.1 Å². The van der Waals surface area contributed by atoms with Crippen molar-refractivity contribution in [1.82, 2.24) is 9.47 Å². The second-order valence-corrected chi connectivity index (χ2v) is 3.22. The molecule has 0 aliphatic rings. The fraction of sp³-hybridized carbons (Fsp3) is 0.375. The molecule has 1 heterocycles. The first-order valence-electron chi connectivity index (χ1n) is 3.33. The van der Waals surface area contributed by atoms with Crippen molar-refractivity contribution in [3.05, 3.63) is 24.5 Å². The third kappa shape index (κ3) is 2.99. The maximum absolute atomic E-state index is 3.95. The minimum absolute atomic E-state index is 0. The van der Waals surface area contributed by atoms with Crippen LogP contribution in [0.15, 0.2) is 24.5 Å². The molecule has 0 atom stereocenters. The average molecular weight is 217 g/mol. The van der Waals surface area contributed by atoms with E-state index in [0.717, 1.165) is 4.48 Å². The van der Waals surface area contributed by atoms with Gasteiger partial charge in [0.25, 0.3) is 0 Å². The van der Waals surface area contributed by atoms with E-state index in [9.17, 15) is 0 Å². The summed E-state index contributed by atoms with van der Waals surface area (Å²) in [6.07, 6.45) is 3.64. The maximum Gasteiger partial charge on any atom is 0.135 e. The fourth-order valence-electron chi connectivity index (χ4n) is 0.791. The molecule has 0 spiro atoms. The topological polar surface area (TPSA) is 12.9 Å². The number of halogens is 1. The van der Waals surface area contributed by atoms with Crippen LogP contribution < -0.4 is 21.5 Å². The second kappa shape index (κ2) is 3.83. The lowest BCUT2D eigenvalue weighted by Crippen LogP contribution is -3.00. The number of hydrogen-bond donors (Lipinski definition) is 0. The zero-order valence-corrected chi connectivity index (χ0v) is 8.67. The third-order valence-corrected chi connectivity index (χ3v) is 1.44. The van der Waals surface area contributed by atoms with Crippen LogP contribution >= 0.6 is 0 Å². The van der Waals surface area contributed by atoms with Gasteiger partial charge in [-0.3, -0.25) is 9.47 Å². The molecule has 0 bridgehead atoms. The van der Waals surface area contributed by atoms with Crippen LogP contribution in [-0.4, -0.2) is 26.1 Å². The standard InChI is InChI=1S/C8H13N2.BrH/c1-10(2,3)8-4-6-9-7-5-8;/h4-7H,1-3H3;1H/q+1;/p-1. The Kier molecular flexibility index (Phi) is 3.69. The molecular weight excluding hydrogens is 204 g/mol. The number of rotatable bonds is 1. The summed E-state index contributed by atoms with van der Waals surface area (Å²) in [5.74, 6) is 0. The van der Waals surface area contributed by atoms with Gasteiger partial charge in [0.2, 0.25) is 0 Å². The van der Waals surface area contributed by atoms with Crippen molar-refractivity contribution in [3.8, 4) is 0 Å². The van der Waals surface area contributed by atoms with Gasteiger partial charge in [-0.05, 0) is 0 Å². The Morgan fingerprint density at radius 3 is 1.82 bits per heavy atom. The molecule has 0 fully saturated rings. The predicted octanol–water partition coefficient (Wildman–Crippen LogP) is -1.72. The molecule has 0 saturated heterocycles. The monoisotopic (exact) mass is 216 g/mol. The van der Waals surface area contributed by atoms with Crippen LogP contribution in [0, 0.1) is 0 Å². The van der Waals surface area contributed by atoms with E-state index < -0.39 is 0 Å². The molecule has 0 aliphatic heterocycles. The van der Waals surface area contributed by atoms with E-state index in [1.807, 2.05) is 24.5 Å². The molecule has 62 valence electrons. The number of quaternary nitrogens is 1. The maximum atomic E-state index is 3.95. The molecular formula is C8H13BrN2. The van der Waals surface area contributed by atoms with E-state index in [0.29, 0.717) is 0 Å². The van der Waals surface area contributed by atoms with Crippen LogP contribution in [0.3, 0.4) is 0 Å². The van der Waals surface area contributed by atoms with Gasteiger partial charge in [0, 0.05) is 24.5 Å². The molecule has 0 aromatic carbocycles. The molecule has 11 heavy (non-hydrogen) atoms. The average Bonchev–Trinajstić information content (AvgIpc) is 1.88. The van der Waals surface area contributed by atoms with Crippen molar-refractivity contribution in [1.29, 1.82) is 0 Å². The molecule has 0 saturated carbocycles. The first kappa shape index (κ1) is 10.6. The van der Waals surface area contributed by atoms with Crippen LogP contribution in [-0.2, 0) is 0 Å². The largest absolute Gasteiger partial charge is 1.00 e. The van der Waals surface area contributed by atoms with Gasteiger partial charge in [0.15, 0.2) is 0 Å². The zero-order chi connectivity index (χ0) is 7.61. The highest BCUT2D eigenvalue weighted by Crippen LogP contribution is 2.12. The lowest BCUT2D eigenvalue weighted by molar-refractivity contribution is -0.00000242. The number of aromatic nitrogens is 1. The van der Waals surface area contributed by atoms with Crippen LogP contribution in [0.4, 0.5) is 5.69 Å². The summed E-state index contributed by atoms with van der Waals surface area (Å²) in [5.41, 5.74) is 1.27. The highest BCUT2D eigenvalue weighted by Gasteiger charge is 2.09. The summed E-state index contributed by atoms with van der Waals surface area (Å²) < 4.78 is 0.850. The summed E-state index contributed by atoms with van der Waals surface area (Å²) in [5, 5.41) is 0. The molecule has 1 aromatic rings. The third-order valence-electron chi connectivity index (χ3n) is 1.44. The Labute approximate surface area is 78.2 Å². The Hall–Kier alpha value is -0.410. The van der Waals surface area contributed by atoms with Gasteiger partial charge < -0.3 is 17.0 Å². The summed E-state index contributed by atoms with van der Waals surface area (Å²) >= 11 is 0. The van der Waals surface area contributed by atoms with Crippen molar-refractivity contribution >= 4 is 5.69 Å². The molecule has 0 N–H and O–H groups in total. The zero-order valence-electron chi connectivity index (χ0n) is 7.08. The van der Waals surface area contributed by atoms with Gasteiger partial charge in [-0.2, -0.15) is 0 Å². The minimum Gasteiger partial charge on any atom is -1.00 e. The molecule has 0 radical (unpaired) electrons. The fourth-order valence-corrected chi connectivity index (χ4v) is 0.791. The Balaban J connectivity index is 0.000001000. The lowest BCUT2D eigenvalue weighted by atomic mass is 10.3. The number of hydrogen-bond acceptors (Lipinski definition) is 1. The predicted molar refractivity (Wildman–Crippen MR) is 43.8 cm³/mol. The van der Waals surface area contributed by atoms with Crippen LogP contribution in [0.1, 0.15) is 0 Å². The molecule has 1 rings (SSSR count). The van der Waals surface area contributed by atoms with E-state index in [1.165, 1.54) is 5.69 Å². The molecule has 2 nitrogen and oxygen atoms in total. The molecule has 1 aromatic heterocycles. The summed E-state index contributed by atoms with van der Waals surface area (Å²) in [6, 6.07) is 4.06. The van der Waals surface area contributed by atoms with Crippen molar-refractivity contribution in [3.63, 3.8) is 0 Å². The van der Waals surface area contributed by atoms with E-state index in [-0.39, 0.29) is 17.0 Å². The Morgan fingerprint density at radius 1 is 1.09 bits per heavy atom. The highest BCUT2D eigenvalue weighted by molar-refractivity contribution is 5.38. The van der Waals surface area contributed by atoms with Crippen LogP contribution in [0.5, 0.6) is 0 Å². The lowest BCUT2D eigenvalue weighted by Gasteiger charge is -2.22. The second-order valence-electron chi connectivity index (χ2n) is 3.22. The van der Waals surface area contributed by atoms with Crippen molar-refractivity contribution in [2.75, 3.05) is 21.1 Å². The van der Waals surface area contributed by atoms with E-state index >= 15 is 0 Å². The van der Waals surface area contributed by atoms with Crippen molar-refractivity contribution < 1.29 is 17.0 Å². The first-order chi connectivity index (χ1) is 4.61. The van der Waals surface area contributed by atoms with Gasteiger partial charge in [-0.25, -0.2) is 0 Å². The van der Waals surface area contributed by atoms with E-state index in [4.69, 9.17) is 0 Å². The highest BCUT2D eigenvalue weighted by atomic mass is 79.9. The smallest absolute Gasteiger partial charge is 0.135 e. The van der Waals surface area contributed by atoms with Crippen LogP contribution in [0.25, 0.3) is 0 Å². The van der Waals surface area contributed by atoms with Gasteiger partial charge in [-0.1, -0.05) is 0 Å². The first-order valence-corrected chi connectivity index (χ1v) is 3.33. The number of pyridine rings is 1. The van der Waals surface area contributed by atoms with Gasteiger partial charge >= 0.3 is 0 Å². The van der Waals surface area contributed by atoms with Crippen LogP contribution in [0.2, 0.25) is 0 Å².